The highest BCUT2D eigenvalue weighted by Gasteiger charge is 2.06. The van der Waals surface area contributed by atoms with E-state index in [1.54, 1.807) is 0 Å². The second kappa shape index (κ2) is 6.81. The number of amides is 1. The van der Waals surface area contributed by atoms with Gasteiger partial charge in [0.1, 0.15) is 0 Å². The normalized spacial score (nSPS) is 10.3. The van der Waals surface area contributed by atoms with E-state index in [-0.39, 0.29) is 5.91 Å². The second-order valence-corrected chi connectivity index (χ2v) is 6.32. The number of nitrogens with two attached hydrogens (primary N) is 1. The zero-order valence-electron chi connectivity index (χ0n) is 11.0. The minimum Gasteiger partial charge on any atom is -0.398 e. The van der Waals surface area contributed by atoms with Crippen LogP contribution in [-0.4, -0.2) is 11.7 Å². The van der Waals surface area contributed by atoms with Crippen LogP contribution in [0.5, 0.6) is 0 Å². The predicted molar refractivity (Wildman–Crippen MR) is 89.1 cm³/mol. The van der Waals surface area contributed by atoms with Crippen molar-refractivity contribution in [3.63, 3.8) is 0 Å². The molecule has 0 saturated heterocycles. The molecule has 0 fully saturated rings. The molecule has 104 valence electrons. The fraction of sp³-hybridized carbons (Fsp3) is 0.133. The van der Waals surface area contributed by atoms with Crippen molar-refractivity contribution in [3.8, 4) is 0 Å². The summed E-state index contributed by atoms with van der Waals surface area (Å²) in [5.74, 6) is 0.294. The summed E-state index contributed by atoms with van der Waals surface area (Å²) in [6.07, 6.45) is 0. The average Bonchev–Trinajstić information content (AvgIpc) is 2.37. The lowest BCUT2D eigenvalue weighted by atomic mass is 10.2. The van der Waals surface area contributed by atoms with Crippen LogP contribution in [0.4, 0.5) is 11.4 Å². The second-order valence-electron chi connectivity index (χ2n) is 4.39. The number of carbonyl (C=O) groups excluding carboxylic acids is 1. The summed E-state index contributed by atoms with van der Waals surface area (Å²) in [7, 11) is 0. The lowest BCUT2D eigenvalue weighted by molar-refractivity contribution is -0.113. The first-order valence-corrected chi connectivity index (χ1v) is 7.87. The first-order chi connectivity index (χ1) is 9.54. The number of nitrogen functional groups attached to an aromatic ring is 1. The maximum Gasteiger partial charge on any atom is 0.234 e. The van der Waals surface area contributed by atoms with Gasteiger partial charge in [-0.25, -0.2) is 0 Å². The van der Waals surface area contributed by atoms with Crippen LogP contribution in [0.25, 0.3) is 0 Å². The highest BCUT2D eigenvalue weighted by molar-refractivity contribution is 9.10. The molecule has 1 amide bonds. The Balaban J connectivity index is 1.92. The Morgan fingerprint density at radius 1 is 1.30 bits per heavy atom. The number of carbonyl (C=O) groups is 1. The van der Waals surface area contributed by atoms with Crippen LogP contribution >= 0.6 is 27.7 Å². The third-order valence-corrected chi connectivity index (χ3v) is 4.21. The van der Waals surface area contributed by atoms with Crippen LogP contribution in [0.15, 0.2) is 51.8 Å². The number of thioether (sulfide) groups is 1. The van der Waals surface area contributed by atoms with Crippen molar-refractivity contribution >= 4 is 45.0 Å². The van der Waals surface area contributed by atoms with Crippen molar-refractivity contribution in [1.82, 2.24) is 0 Å². The quantitative estimate of drug-likeness (QED) is 0.645. The molecule has 2 aromatic carbocycles. The molecule has 0 aliphatic carbocycles. The Morgan fingerprint density at radius 3 is 2.80 bits per heavy atom. The Morgan fingerprint density at radius 2 is 2.10 bits per heavy atom. The molecular formula is C15H15BrN2OS. The van der Waals surface area contributed by atoms with E-state index >= 15 is 0 Å². The Bertz CT molecular complexity index is 631. The van der Waals surface area contributed by atoms with E-state index in [9.17, 15) is 4.79 Å². The van der Waals surface area contributed by atoms with Gasteiger partial charge in [0.2, 0.25) is 5.91 Å². The average molecular weight is 351 g/mol. The van der Waals surface area contributed by atoms with E-state index in [2.05, 4.69) is 21.2 Å². The smallest absolute Gasteiger partial charge is 0.234 e. The molecule has 2 rings (SSSR count). The molecule has 0 bridgehead atoms. The number of aryl methyl sites for hydroxylation is 1. The monoisotopic (exact) mass is 350 g/mol. The van der Waals surface area contributed by atoms with Crippen molar-refractivity contribution in [2.24, 2.45) is 0 Å². The molecule has 0 heterocycles. The molecule has 0 spiro atoms. The molecule has 0 aliphatic rings. The molecule has 0 saturated carbocycles. The molecule has 3 N–H and O–H groups in total. The van der Waals surface area contributed by atoms with Crippen molar-refractivity contribution in [2.45, 2.75) is 11.8 Å². The largest absolute Gasteiger partial charge is 0.398 e. The van der Waals surface area contributed by atoms with Crippen molar-refractivity contribution in [2.75, 3.05) is 16.8 Å². The molecule has 0 unspecified atom stereocenters. The number of rotatable bonds is 4. The SMILES string of the molecule is Cc1cccc(NC(=O)CSc2ccc(Br)cc2N)c1. The van der Waals surface area contributed by atoms with E-state index in [1.165, 1.54) is 11.8 Å². The maximum absolute atomic E-state index is 11.9. The lowest BCUT2D eigenvalue weighted by Crippen LogP contribution is -2.14. The van der Waals surface area contributed by atoms with Gasteiger partial charge in [0.25, 0.3) is 0 Å². The van der Waals surface area contributed by atoms with Gasteiger partial charge in [-0.3, -0.25) is 4.79 Å². The van der Waals surface area contributed by atoms with Crippen LogP contribution in [0.3, 0.4) is 0 Å². The van der Waals surface area contributed by atoms with E-state index < -0.39 is 0 Å². The van der Waals surface area contributed by atoms with Gasteiger partial charge >= 0.3 is 0 Å². The minimum atomic E-state index is -0.0390. The highest BCUT2D eigenvalue weighted by Crippen LogP contribution is 2.27. The zero-order chi connectivity index (χ0) is 14.5. The predicted octanol–water partition coefficient (Wildman–Crippen LogP) is 4.07. The van der Waals surface area contributed by atoms with Crippen LogP contribution < -0.4 is 11.1 Å². The van der Waals surface area contributed by atoms with Crippen molar-refractivity contribution in [1.29, 1.82) is 0 Å². The maximum atomic E-state index is 11.9. The Kier molecular flexibility index (Phi) is 5.09. The standard InChI is InChI=1S/C15H15BrN2OS/c1-10-3-2-4-12(7-10)18-15(19)9-20-14-6-5-11(16)8-13(14)17/h2-8H,9,17H2,1H3,(H,18,19). The number of hydrogen-bond acceptors (Lipinski definition) is 3. The molecule has 5 heteroatoms. The molecule has 0 aliphatic heterocycles. The third-order valence-electron chi connectivity index (χ3n) is 2.63. The molecule has 3 nitrogen and oxygen atoms in total. The molecule has 2 aromatic rings. The van der Waals surface area contributed by atoms with Gasteiger partial charge in [0.05, 0.1) is 5.75 Å². The van der Waals surface area contributed by atoms with Crippen molar-refractivity contribution < 1.29 is 4.79 Å². The number of hydrogen-bond donors (Lipinski definition) is 2. The van der Waals surface area contributed by atoms with Crippen LogP contribution in [0.1, 0.15) is 5.56 Å². The van der Waals surface area contributed by atoms with Gasteiger partial charge in [-0.1, -0.05) is 28.1 Å². The number of benzene rings is 2. The highest BCUT2D eigenvalue weighted by atomic mass is 79.9. The topological polar surface area (TPSA) is 55.1 Å². The summed E-state index contributed by atoms with van der Waals surface area (Å²) in [5.41, 5.74) is 8.51. The van der Waals surface area contributed by atoms with Crippen LogP contribution in [-0.2, 0) is 4.79 Å². The summed E-state index contributed by atoms with van der Waals surface area (Å²) < 4.78 is 0.934. The van der Waals surface area contributed by atoms with Gasteiger partial charge in [0.15, 0.2) is 0 Å². The molecular weight excluding hydrogens is 336 g/mol. The van der Waals surface area contributed by atoms with E-state index in [1.807, 2.05) is 49.4 Å². The number of halogens is 1. The van der Waals surface area contributed by atoms with Gasteiger partial charge in [-0.05, 0) is 42.8 Å². The summed E-state index contributed by atoms with van der Waals surface area (Å²) in [4.78, 5) is 12.8. The van der Waals surface area contributed by atoms with Gasteiger partial charge < -0.3 is 11.1 Å². The van der Waals surface area contributed by atoms with Gasteiger partial charge in [-0.15, -0.1) is 11.8 Å². The fourth-order valence-electron chi connectivity index (χ4n) is 1.71. The Hall–Kier alpha value is -1.46. The number of nitrogens with one attached hydrogen (secondary N) is 1. The molecule has 0 atom stereocenters. The summed E-state index contributed by atoms with van der Waals surface area (Å²) in [6.45, 7) is 1.99. The fourth-order valence-corrected chi connectivity index (χ4v) is 2.84. The van der Waals surface area contributed by atoms with E-state index in [0.29, 0.717) is 11.4 Å². The van der Waals surface area contributed by atoms with Crippen molar-refractivity contribution in [3.05, 3.63) is 52.5 Å². The summed E-state index contributed by atoms with van der Waals surface area (Å²) in [5, 5.41) is 2.87. The van der Waals surface area contributed by atoms with E-state index in [4.69, 9.17) is 5.73 Å². The first-order valence-electron chi connectivity index (χ1n) is 6.09. The Labute approximate surface area is 131 Å². The minimum absolute atomic E-state index is 0.0390. The van der Waals surface area contributed by atoms with Crippen LogP contribution in [0, 0.1) is 6.92 Å². The van der Waals surface area contributed by atoms with Gasteiger partial charge in [-0.2, -0.15) is 0 Å². The molecule has 0 radical (unpaired) electrons. The first kappa shape index (κ1) is 14.9. The summed E-state index contributed by atoms with van der Waals surface area (Å²) in [6, 6.07) is 13.4. The van der Waals surface area contributed by atoms with Gasteiger partial charge in [0, 0.05) is 20.7 Å². The number of anilines is 2. The van der Waals surface area contributed by atoms with Crippen LogP contribution in [0.2, 0.25) is 0 Å². The summed E-state index contributed by atoms with van der Waals surface area (Å²) >= 11 is 4.79. The third kappa shape index (κ3) is 4.28. The molecule has 20 heavy (non-hydrogen) atoms. The zero-order valence-corrected chi connectivity index (χ0v) is 13.4. The lowest BCUT2D eigenvalue weighted by Gasteiger charge is -2.07. The molecule has 0 aromatic heterocycles. The van der Waals surface area contributed by atoms with E-state index in [0.717, 1.165) is 20.6 Å².